The van der Waals surface area contributed by atoms with Gasteiger partial charge in [0, 0.05) is 22.5 Å². The Morgan fingerprint density at radius 1 is 1.42 bits per heavy atom. The molecule has 1 aromatic carbocycles. The van der Waals surface area contributed by atoms with Crippen molar-refractivity contribution in [1.29, 1.82) is 0 Å². The molecular weight excluding hydrogens is 262 g/mol. The molecule has 1 saturated carbocycles. The SMILES string of the molecule is Cc1cc2oc(C(=O)NCC3CC3)c(C)c2cc1Cl. The summed E-state index contributed by atoms with van der Waals surface area (Å²) < 4.78 is 5.68. The van der Waals surface area contributed by atoms with E-state index in [0.717, 1.165) is 28.6 Å². The maximum atomic E-state index is 12.1. The summed E-state index contributed by atoms with van der Waals surface area (Å²) >= 11 is 6.12. The number of nitrogens with one attached hydrogen (secondary N) is 1. The Balaban J connectivity index is 1.94. The molecule has 1 aromatic heterocycles. The summed E-state index contributed by atoms with van der Waals surface area (Å²) in [6.45, 7) is 4.56. The Morgan fingerprint density at radius 2 is 2.16 bits per heavy atom. The van der Waals surface area contributed by atoms with Crippen LogP contribution >= 0.6 is 11.6 Å². The monoisotopic (exact) mass is 277 g/mol. The number of fused-ring (bicyclic) bond motifs is 1. The highest BCUT2D eigenvalue weighted by molar-refractivity contribution is 6.32. The van der Waals surface area contributed by atoms with E-state index in [-0.39, 0.29) is 5.91 Å². The number of halogens is 1. The van der Waals surface area contributed by atoms with Gasteiger partial charge in [0.1, 0.15) is 5.58 Å². The smallest absolute Gasteiger partial charge is 0.287 e. The molecule has 1 aliphatic rings. The summed E-state index contributed by atoms with van der Waals surface area (Å²) in [5.74, 6) is 0.928. The van der Waals surface area contributed by atoms with Crippen LogP contribution in [0.1, 0.15) is 34.5 Å². The first-order valence-corrected chi connectivity index (χ1v) is 6.91. The van der Waals surface area contributed by atoms with E-state index in [4.69, 9.17) is 16.0 Å². The number of furan rings is 1. The zero-order chi connectivity index (χ0) is 13.6. The van der Waals surface area contributed by atoms with Crippen LogP contribution in [0.3, 0.4) is 0 Å². The van der Waals surface area contributed by atoms with Crippen molar-refractivity contribution in [1.82, 2.24) is 5.32 Å². The second kappa shape index (κ2) is 4.57. The molecule has 4 heteroatoms. The highest BCUT2D eigenvalue weighted by atomic mass is 35.5. The normalized spacial score (nSPS) is 14.9. The van der Waals surface area contributed by atoms with Gasteiger partial charge in [-0.2, -0.15) is 0 Å². The van der Waals surface area contributed by atoms with Crippen LogP contribution in [0.25, 0.3) is 11.0 Å². The largest absolute Gasteiger partial charge is 0.451 e. The number of aryl methyl sites for hydroxylation is 2. The fraction of sp³-hybridized carbons (Fsp3) is 0.400. The third-order valence-corrected chi connectivity index (χ3v) is 4.08. The molecule has 0 aliphatic heterocycles. The molecule has 19 heavy (non-hydrogen) atoms. The molecule has 0 bridgehead atoms. The average Bonchev–Trinajstić information content (AvgIpc) is 3.15. The van der Waals surface area contributed by atoms with Gasteiger partial charge in [0.15, 0.2) is 5.76 Å². The fourth-order valence-corrected chi connectivity index (χ4v) is 2.36. The second-order valence-corrected chi connectivity index (χ2v) is 5.71. The first kappa shape index (κ1) is 12.5. The molecule has 0 unspecified atom stereocenters. The lowest BCUT2D eigenvalue weighted by Crippen LogP contribution is -2.25. The average molecular weight is 278 g/mol. The van der Waals surface area contributed by atoms with Crippen molar-refractivity contribution in [2.75, 3.05) is 6.54 Å². The lowest BCUT2D eigenvalue weighted by Gasteiger charge is -2.01. The van der Waals surface area contributed by atoms with Crippen LogP contribution in [0.15, 0.2) is 16.5 Å². The second-order valence-electron chi connectivity index (χ2n) is 5.31. The van der Waals surface area contributed by atoms with Gasteiger partial charge in [-0.15, -0.1) is 0 Å². The van der Waals surface area contributed by atoms with Crippen molar-refractivity contribution < 1.29 is 9.21 Å². The Kier molecular flexibility index (Phi) is 3.02. The molecule has 1 N–H and O–H groups in total. The van der Waals surface area contributed by atoms with Crippen LogP contribution in [0.2, 0.25) is 5.02 Å². The molecule has 2 aromatic rings. The number of hydrogen-bond donors (Lipinski definition) is 1. The number of benzene rings is 1. The molecule has 100 valence electrons. The molecule has 3 rings (SSSR count). The van der Waals surface area contributed by atoms with Gasteiger partial charge in [0.25, 0.3) is 5.91 Å². The fourth-order valence-electron chi connectivity index (χ4n) is 2.20. The molecule has 1 aliphatic carbocycles. The predicted octanol–water partition coefficient (Wildman–Crippen LogP) is 3.84. The minimum atomic E-state index is -0.130. The number of rotatable bonds is 3. The molecule has 1 amide bonds. The summed E-state index contributed by atoms with van der Waals surface area (Å²) in [5.41, 5.74) is 2.52. The summed E-state index contributed by atoms with van der Waals surface area (Å²) in [6, 6.07) is 3.74. The Labute approximate surface area is 116 Å². The maximum absolute atomic E-state index is 12.1. The van der Waals surface area contributed by atoms with E-state index in [1.807, 2.05) is 26.0 Å². The van der Waals surface area contributed by atoms with E-state index < -0.39 is 0 Å². The van der Waals surface area contributed by atoms with Crippen molar-refractivity contribution >= 4 is 28.5 Å². The highest BCUT2D eigenvalue weighted by Crippen LogP contribution is 2.31. The van der Waals surface area contributed by atoms with Crippen LogP contribution in [-0.4, -0.2) is 12.5 Å². The third kappa shape index (κ3) is 2.35. The van der Waals surface area contributed by atoms with E-state index in [1.165, 1.54) is 12.8 Å². The van der Waals surface area contributed by atoms with Gasteiger partial charge in [0.05, 0.1) is 0 Å². The molecule has 0 atom stereocenters. The van der Waals surface area contributed by atoms with Gasteiger partial charge in [-0.3, -0.25) is 4.79 Å². The highest BCUT2D eigenvalue weighted by Gasteiger charge is 2.24. The van der Waals surface area contributed by atoms with Gasteiger partial charge >= 0.3 is 0 Å². The van der Waals surface area contributed by atoms with Gasteiger partial charge in [0.2, 0.25) is 0 Å². The van der Waals surface area contributed by atoms with Crippen molar-refractivity contribution in [3.05, 3.63) is 34.0 Å². The summed E-state index contributed by atoms with van der Waals surface area (Å²) in [5, 5.41) is 4.53. The quantitative estimate of drug-likeness (QED) is 0.926. The zero-order valence-corrected chi connectivity index (χ0v) is 11.8. The van der Waals surface area contributed by atoms with E-state index in [2.05, 4.69) is 5.32 Å². The minimum absolute atomic E-state index is 0.130. The van der Waals surface area contributed by atoms with Crippen molar-refractivity contribution in [3.8, 4) is 0 Å². The van der Waals surface area contributed by atoms with Gasteiger partial charge in [-0.25, -0.2) is 0 Å². The molecule has 0 spiro atoms. The Morgan fingerprint density at radius 3 is 2.84 bits per heavy atom. The van der Waals surface area contributed by atoms with E-state index in [9.17, 15) is 4.79 Å². The van der Waals surface area contributed by atoms with Gasteiger partial charge in [-0.1, -0.05) is 11.6 Å². The lowest BCUT2D eigenvalue weighted by atomic mass is 10.1. The number of hydrogen-bond acceptors (Lipinski definition) is 2. The molecule has 1 fully saturated rings. The molecule has 1 heterocycles. The molecule has 0 radical (unpaired) electrons. The van der Waals surface area contributed by atoms with Gasteiger partial charge < -0.3 is 9.73 Å². The Hall–Kier alpha value is -1.48. The standard InChI is InChI=1S/C15H16ClNO2/c1-8-5-13-11(6-12(8)16)9(2)14(19-13)15(18)17-7-10-3-4-10/h5-6,10H,3-4,7H2,1-2H3,(H,17,18). The van der Waals surface area contributed by atoms with Crippen LogP contribution in [0.4, 0.5) is 0 Å². The Bertz CT molecular complexity index is 656. The van der Waals surface area contributed by atoms with E-state index in [0.29, 0.717) is 16.7 Å². The summed E-state index contributed by atoms with van der Waals surface area (Å²) in [6.07, 6.45) is 2.43. The number of carbonyl (C=O) groups excluding carboxylic acids is 1. The maximum Gasteiger partial charge on any atom is 0.287 e. The van der Waals surface area contributed by atoms with Crippen LogP contribution in [0.5, 0.6) is 0 Å². The van der Waals surface area contributed by atoms with Crippen LogP contribution in [0, 0.1) is 19.8 Å². The van der Waals surface area contributed by atoms with E-state index >= 15 is 0 Å². The van der Waals surface area contributed by atoms with E-state index in [1.54, 1.807) is 0 Å². The molecule has 3 nitrogen and oxygen atoms in total. The number of amides is 1. The minimum Gasteiger partial charge on any atom is -0.451 e. The topological polar surface area (TPSA) is 42.2 Å². The lowest BCUT2D eigenvalue weighted by molar-refractivity contribution is 0.0925. The zero-order valence-electron chi connectivity index (χ0n) is 11.0. The number of carbonyl (C=O) groups is 1. The first-order chi connectivity index (χ1) is 9.06. The molecular formula is C15H16ClNO2. The van der Waals surface area contributed by atoms with Gasteiger partial charge in [-0.05, 0) is 50.3 Å². The third-order valence-electron chi connectivity index (χ3n) is 3.67. The van der Waals surface area contributed by atoms with Crippen LogP contribution in [-0.2, 0) is 0 Å². The van der Waals surface area contributed by atoms with Crippen molar-refractivity contribution in [2.24, 2.45) is 5.92 Å². The predicted molar refractivity (Wildman–Crippen MR) is 75.8 cm³/mol. The van der Waals surface area contributed by atoms with Crippen LogP contribution < -0.4 is 5.32 Å². The first-order valence-electron chi connectivity index (χ1n) is 6.53. The summed E-state index contributed by atoms with van der Waals surface area (Å²) in [4.78, 5) is 12.1. The van der Waals surface area contributed by atoms with Crippen molar-refractivity contribution in [2.45, 2.75) is 26.7 Å². The van der Waals surface area contributed by atoms with Crippen molar-refractivity contribution in [3.63, 3.8) is 0 Å². The summed E-state index contributed by atoms with van der Waals surface area (Å²) in [7, 11) is 0. The molecule has 0 saturated heterocycles.